The molecule has 0 atom stereocenters. The zero-order valence-corrected chi connectivity index (χ0v) is 15.3. The average Bonchev–Trinajstić information content (AvgIpc) is 2.65. The summed E-state index contributed by atoms with van der Waals surface area (Å²) in [5.74, 6) is 0.351. The number of nitrogens with zero attached hydrogens (tertiary/aromatic N) is 2. The normalized spacial score (nSPS) is 11.0. The quantitative estimate of drug-likeness (QED) is 0.618. The van der Waals surface area contributed by atoms with Gasteiger partial charge in [0.05, 0.1) is 17.5 Å². The van der Waals surface area contributed by atoms with E-state index < -0.39 is 0 Å². The minimum absolute atomic E-state index is 0.0856. The van der Waals surface area contributed by atoms with Crippen LogP contribution in [0.25, 0.3) is 22.0 Å². The van der Waals surface area contributed by atoms with Gasteiger partial charge in [-0.3, -0.25) is 4.79 Å². The fraction of sp³-hybridized carbons (Fsp3) is 0.250. The molecule has 4 N–H and O–H groups in total. The molecule has 0 radical (unpaired) electrons. The van der Waals surface area contributed by atoms with Gasteiger partial charge in [0.15, 0.2) is 0 Å². The van der Waals surface area contributed by atoms with E-state index in [9.17, 15) is 4.79 Å². The standard InChI is InChI=1S/C20H22N4O3/c1-12(2)22-18(26)14-5-3-13(4-6-14)15-7-8-17-16(11-15)19(27-10-9-25)24-20(21)23-17/h3-8,11-12,25H,9-10H2,1-2H3,(H,22,26)(H2,21,23,24). The Morgan fingerprint density at radius 1 is 1.15 bits per heavy atom. The van der Waals surface area contributed by atoms with Crippen molar-refractivity contribution in [3.8, 4) is 17.0 Å². The van der Waals surface area contributed by atoms with Crippen molar-refractivity contribution in [2.24, 2.45) is 0 Å². The predicted molar refractivity (Wildman–Crippen MR) is 105 cm³/mol. The number of hydrogen-bond acceptors (Lipinski definition) is 6. The molecule has 0 bridgehead atoms. The Morgan fingerprint density at radius 3 is 2.52 bits per heavy atom. The van der Waals surface area contributed by atoms with Crippen molar-refractivity contribution in [3.63, 3.8) is 0 Å². The van der Waals surface area contributed by atoms with Gasteiger partial charge in [-0.15, -0.1) is 0 Å². The van der Waals surface area contributed by atoms with Gasteiger partial charge in [0.2, 0.25) is 11.8 Å². The van der Waals surface area contributed by atoms with E-state index in [1.165, 1.54) is 0 Å². The summed E-state index contributed by atoms with van der Waals surface area (Å²) in [5.41, 5.74) is 8.87. The Morgan fingerprint density at radius 2 is 1.85 bits per heavy atom. The number of carbonyl (C=O) groups is 1. The number of anilines is 1. The molecule has 0 aliphatic carbocycles. The third-order valence-electron chi connectivity index (χ3n) is 3.91. The van der Waals surface area contributed by atoms with Gasteiger partial charge in [-0.1, -0.05) is 18.2 Å². The van der Waals surface area contributed by atoms with Crippen LogP contribution in [0.4, 0.5) is 5.95 Å². The molecule has 0 saturated heterocycles. The van der Waals surface area contributed by atoms with E-state index in [0.717, 1.165) is 11.1 Å². The number of amides is 1. The summed E-state index contributed by atoms with van der Waals surface area (Å²) in [6.07, 6.45) is 0. The molecule has 1 heterocycles. The van der Waals surface area contributed by atoms with E-state index in [1.54, 1.807) is 12.1 Å². The Hall–Kier alpha value is -3.19. The number of ether oxygens (including phenoxy) is 1. The van der Waals surface area contributed by atoms with Gasteiger partial charge >= 0.3 is 0 Å². The lowest BCUT2D eigenvalue weighted by Gasteiger charge is -2.11. The van der Waals surface area contributed by atoms with Gasteiger partial charge in [-0.25, -0.2) is 4.98 Å². The molecule has 3 aromatic rings. The fourth-order valence-corrected chi connectivity index (χ4v) is 2.71. The van der Waals surface area contributed by atoms with Crippen molar-refractivity contribution >= 4 is 22.8 Å². The van der Waals surface area contributed by atoms with E-state index >= 15 is 0 Å². The van der Waals surface area contributed by atoms with Gasteiger partial charge in [-0.05, 0) is 49.2 Å². The molecular weight excluding hydrogens is 344 g/mol. The van der Waals surface area contributed by atoms with Crippen LogP contribution in [-0.4, -0.2) is 40.2 Å². The van der Waals surface area contributed by atoms with Gasteiger partial charge in [0, 0.05) is 11.6 Å². The highest BCUT2D eigenvalue weighted by molar-refractivity contribution is 5.95. The van der Waals surface area contributed by atoms with Crippen LogP contribution >= 0.6 is 0 Å². The van der Waals surface area contributed by atoms with Gasteiger partial charge < -0.3 is 20.9 Å². The van der Waals surface area contributed by atoms with Crippen LogP contribution in [0.2, 0.25) is 0 Å². The number of hydrogen-bond donors (Lipinski definition) is 3. The van der Waals surface area contributed by atoms with E-state index in [1.807, 2.05) is 44.2 Å². The summed E-state index contributed by atoms with van der Waals surface area (Å²) in [4.78, 5) is 20.4. The summed E-state index contributed by atoms with van der Waals surface area (Å²) in [5, 5.41) is 12.6. The molecule has 1 amide bonds. The van der Waals surface area contributed by atoms with Crippen molar-refractivity contribution in [1.82, 2.24) is 15.3 Å². The van der Waals surface area contributed by atoms with Crippen molar-refractivity contribution in [3.05, 3.63) is 48.0 Å². The number of rotatable bonds is 6. The highest BCUT2D eigenvalue weighted by atomic mass is 16.5. The van der Waals surface area contributed by atoms with E-state index in [4.69, 9.17) is 15.6 Å². The maximum Gasteiger partial charge on any atom is 0.251 e. The molecule has 0 spiro atoms. The smallest absolute Gasteiger partial charge is 0.251 e. The van der Waals surface area contributed by atoms with Crippen molar-refractivity contribution in [1.29, 1.82) is 0 Å². The molecule has 0 fully saturated rings. The van der Waals surface area contributed by atoms with Gasteiger partial charge in [0.25, 0.3) is 5.91 Å². The zero-order chi connectivity index (χ0) is 19.4. The lowest BCUT2D eigenvalue weighted by Crippen LogP contribution is -2.29. The van der Waals surface area contributed by atoms with Gasteiger partial charge in [-0.2, -0.15) is 4.98 Å². The van der Waals surface area contributed by atoms with Crippen LogP contribution in [-0.2, 0) is 0 Å². The molecule has 0 saturated carbocycles. The number of nitrogens with two attached hydrogens (primary N) is 1. The highest BCUT2D eigenvalue weighted by Gasteiger charge is 2.11. The lowest BCUT2D eigenvalue weighted by molar-refractivity contribution is 0.0943. The SMILES string of the molecule is CC(C)NC(=O)c1ccc(-c2ccc3nc(N)nc(OCCO)c3c2)cc1. The summed E-state index contributed by atoms with van der Waals surface area (Å²) in [6, 6.07) is 13.1. The molecule has 3 rings (SSSR count). The third kappa shape index (κ3) is 4.32. The Balaban J connectivity index is 1.94. The summed E-state index contributed by atoms with van der Waals surface area (Å²) in [7, 11) is 0. The largest absolute Gasteiger partial charge is 0.475 e. The molecular formula is C20H22N4O3. The number of nitrogen functional groups attached to an aromatic ring is 1. The average molecular weight is 366 g/mol. The third-order valence-corrected chi connectivity index (χ3v) is 3.91. The first-order valence-electron chi connectivity index (χ1n) is 8.70. The van der Waals surface area contributed by atoms with Crippen LogP contribution in [0.1, 0.15) is 24.2 Å². The number of aliphatic hydroxyl groups excluding tert-OH is 1. The van der Waals surface area contributed by atoms with Crippen molar-refractivity contribution < 1.29 is 14.6 Å². The number of nitrogens with one attached hydrogen (secondary N) is 1. The number of aliphatic hydroxyl groups is 1. The molecule has 0 unspecified atom stereocenters. The fourth-order valence-electron chi connectivity index (χ4n) is 2.71. The monoisotopic (exact) mass is 366 g/mol. The summed E-state index contributed by atoms with van der Waals surface area (Å²) in [6.45, 7) is 3.85. The maximum absolute atomic E-state index is 12.1. The zero-order valence-electron chi connectivity index (χ0n) is 15.3. The Kier molecular flexibility index (Phi) is 5.52. The topological polar surface area (TPSA) is 110 Å². The molecule has 140 valence electrons. The van der Waals surface area contributed by atoms with Crippen LogP contribution in [0.5, 0.6) is 5.88 Å². The highest BCUT2D eigenvalue weighted by Crippen LogP contribution is 2.29. The molecule has 0 aliphatic heterocycles. The first kappa shape index (κ1) is 18.6. The van der Waals surface area contributed by atoms with Gasteiger partial charge in [0.1, 0.15) is 6.61 Å². The van der Waals surface area contributed by atoms with Crippen LogP contribution in [0.15, 0.2) is 42.5 Å². The van der Waals surface area contributed by atoms with Crippen molar-refractivity contribution in [2.75, 3.05) is 18.9 Å². The van der Waals surface area contributed by atoms with Crippen molar-refractivity contribution in [2.45, 2.75) is 19.9 Å². The molecule has 2 aromatic carbocycles. The second-order valence-electron chi connectivity index (χ2n) is 6.40. The van der Waals surface area contributed by atoms with E-state index in [0.29, 0.717) is 22.3 Å². The molecule has 1 aromatic heterocycles. The molecule has 27 heavy (non-hydrogen) atoms. The molecule has 0 aliphatic rings. The first-order valence-corrected chi connectivity index (χ1v) is 8.70. The first-order chi connectivity index (χ1) is 13.0. The van der Waals surface area contributed by atoms with Crippen LogP contribution in [0.3, 0.4) is 0 Å². The molecule has 7 heteroatoms. The summed E-state index contributed by atoms with van der Waals surface area (Å²) >= 11 is 0. The Labute approximate surface area is 157 Å². The van der Waals surface area contributed by atoms with Crippen LogP contribution < -0.4 is 15.8 Å². The lowest BCUT2D eigenvalue weighted by atomic mass is 10.0. The minimum atomic E-state index is -0.120. The number of aromatic nitrogens is 2. The van der Waals surface area contributed by atoms with E-state index in [-0.39, 0.29) is 31.1 Å². The second-order valence-corrected chi connectivity index (χ2v) is 6.40. The van der Waals surface area contributed by atoms with E-state index in [2.05, 4.69) is 15.3 Å². The predicted octanol–water partition coefficient (Wildman–Crippen LogP) is 2.39. The minimum Gasteiger partial charge on any atom is -0.475 e. The Bertz CT molecular complexity index is 955. The number of carbonyl (C=O) groups excluding carboxylic acids is 1. The second kappa shape index (κ2) is 8.01. The number of fused-ring (bicyclic) bond motifs is 1. The maximum atomic E-state index is 12.1. The molecule has 7 nitrogen and oxygen atoms in total. The number of benzene rings is 2. The summed E-state index contributed by atoms with van der Waals surface area (Å²) < 4.78 is 5.49. The van der Waals surface area contributed by atoms with Crippen LogP contribution in [0, 0.1) is 0 Å².